The number of benzene rings is 2. The number of rotatable bonds is 7. The first-order chi connectivity index (χ1) is 20.4. The average Bonchev–Trinajstić information content (AvgIpc) is 2.97. The Morgan fingerprint density at radius 3 is 2.44 bits per heavy atom. The Bertz CT molecular complexity index is 1470. The number of fused-ring (bicyclic) bond motifs is 1. The summed E-state index contributed by atoms with van der Waals surface area (Å²) in [6.45, 7) is 6.37. The summed E-state index contributed by atoms with van der Waals surface area (Å²) < 4.78 is 94.3. The number of amides is 1. The summed E-state index contributed by atoms with van der Waals surface area (Å²) >= 11 is 0. The summed E-state index contributed by atoms with van der Waals surface area (Å²) in [5.41, 5.74) is -2.81. The van der Waals surface area contributed by atoms with Gasteiger partial charge >= 0.3 is 12.4 Å². The van der Waals surface area contributed by atoms with Crippen LogP contribution in [-0.4, -0.2) is 71.6 Å². The van der Waals surface area contributed by atoms with Crippen molar-refractivity contribution >= 4 is 17.4 Å². The van der Waals surface area contributed by atoms with E-state index in [-0.39, 0.29) is 47.6 Å². The molecule has 9 nitrogen and oxygen atoms in total. The van der Waals surface area contributed by atoms with Crippen LogP contribution in [0, 0.1) is 0 Å². The van der Waals surface area contributed by atoms with Gasteiger partial charge in [-0.15, -0.1) is 0 Å². The molecule has 2 aromatic carbocycles. The molecule has 1 saturated heterocycles. The molecule has 0 unspecified atom stereocenters. The highest BCUT2D eigenvalue weighted by Crippen LogP contribution is 2.39. The maximum atomic E-state index is 14.0. The van der Waals surface area contributed by atoms with Gasteiger partial charge in [0.2, 0.25) is 5.75 Å². The topological polar surface area (TPSA) is 91.9 Å². The summed E-state index contributed by atoms with van der Waals surface area (Å²) in [5, 5.41) is 5.23. The normalized spacial score (nSPS) is 16.2. The number of anilines is 2. The number of alkyl halides is 6. The number of hydrogen-bond acceptors (Lipinski definition) is 8. The average molecular weight is 611 g/mol. The Hall–Kier alpha value is -4.11. The molecule has 2 aliphatic rings. The van der Waals surface area contributed by atoms with Gasteiger partial charge in [-0.25, -0.2) is 4.98 Å². The molecule has 0 spiro atoms. The first-order valence-corrected chi connectivity index (χ1v) is 13.5. The van der Waals surface area contributed by atoms with Crippen LogP contribution in [0.5, 0.6) is 17.4 Å². The first kappa shape index (κ1) is 30.4. The first-order valence-electron chi connectivity index (χ1n) is 13.5. The lowest BCUT2D eigenvalue weighted by atomic mass is 10.0. The van der Waals surface area contributed by atoms with Gasteiger partial charge in [0.1, 0.15) is 18.7 Å². The van der Waals surface area contributed by atoms with Gasteiger partial charge in [-0.05, 0) is 42.4 Å². The molecule has 0 radical (unpaired) electrons. The number of nitrogens with one attached hydrogen (secondary N) is 2. The summed E-state index contributed by atoms with van der Waals surface area (Å²) in [5.74, 6) is -1.25. The molecule has 0 aliphatic carbocycles. The van der Waals surface area contributed by atoms with Crippen molar-refractivity contribution in [3.05, 3.63) is 65.0 Å². The molecule has 0 atom stereocenters. The predicted octanol–water partition coefficient (Wildman–Crippen LogP) is 5.50. The van der Waals surface area contributed by atoms with Crippen LogP contribution in [0.2, 0.25) is 0 Å². The highest BCUT2D eigenvalue weighted by atomic mass is 19.4. The molecule has 5 rings (SSSR count). The maximum Gasteiger partial charge on any atom is 0.416 e. The van der Waals surface area contributed by atoms with Crippen molar-refractivity contribution in [3.63, 3.8) is 0 Å². The van der Waals surface area contributed by atoms with Crippen molar-refractivity contribution in [2.75, 3.05) is 56.5 Å². The molecular weight excluding hydrogens is 582 g/mol. The quantitative estimate of drug-likeness (QED) is 0.339. The summed E-state index contributed by atoms with van der Waals surface area (Å²) in [6.07, 6.45) is -8.44. The van der Waals surface area contributed by atoms with Crippen LogP contribution < -0.4 is 20.1 Å². The molecule has 2 N–H and O–H groups in total. The number of halogens is 6. The van der Waals surface area contributed by atoms with Crippen LogP contribution >= 0.6 is 0 Å². The summed E-state index contributed by atoms with van der Waals surface area (Å²) in [7, 11) is 0. The van der Waals surface area contributed by atoms with E-state index in [4.69, 9.17) is 9.47 Å². The van der Waals surface area contributed by atoms with E-state index in [0.29, 0.717) is 31.8 Å². The Morgan fingerprint density at radius 2 is 1.74 bits per heavy atom. The third-order valence-corrected chi connectivity index (χ3v) is 7.10. The molecule has 230 valence electrons. The van der Waals surface area contributed by atoms with Crippen LogP contribution in [0.1, 0.15) is 34.0 Å². The fourth-order valence-electron chi connectivity index (χ4n) is 4.84. The van der Waals surface area contributed by atoms with Crippen LogP contribution in [0.25, 0.3) is 0 Å². The lowest BCUT2D eigenvalue weighted by Gasteiger charge is -2.34. The number of carbonyl (C=O) groups excluding carboxylic acids is 1. The van der Waals surface area contributed by atoms with Gasteiger partial charge in [0.05, 0.1) is 17.7 Å². The zero-order valence-corrected chi connectivity index (χ0v) is 23.0. The van der Waals surface area contributed by atoms with Crippen molar-refractivity contribution in [3.8, 4) is 17.4 Å². The number of likely N-dealkylation sites (N-methyl/N-ethyl adjacent to an activating group) is 1. The van der Waals surface area contributed by atoms with Crippen LogP contribution in [-0.2, 0) is 18.9 Å². The highest BCUT2D eigenvalue weighted by Gasteiger charge is 2.35. The fraction of sp³-hybridized carbons (Fsp3) is 0.393. The molecule has 3 aromatic rings. The van der Waals surface area contributed by atoms with Crippen molar-refractivity contribution in [1.29, 1.82) is 0 Å². The number of aromatic nitrogens is 2. The molecule has 3 heterocycles. The van der Waals surface area contributed by atoms with Gasteiger partial charge in [-0.1, -0.05) is 13.0 Å². The lowest BCUT2D eigenvalue weighted by Crippen LogP contribution is -2.45. The van der Waals surface area contributed by atoms with E-state index < -0.39 is 35.0 Å². The second kappa shape index (κ2) is 12.2. The standard InChI is InChI=1S/C28H28F6N6O3/c1-2-39-6-8-40(9-7-39)15-17-3-4-20(14-22(17)28(32,33)34)38-25(41)18-11-19(27(29,30)31)13-21(12-18)43-26-23-24(36-16-37-26)35-5-10-42-23/h3-4,11-14,16H,2,5-10,15H2,1H3,(H,38,41)(H,35,36,37). The second-order valence-electron chi connectivity index (χ2n) is 10.0. The minimum atomic E-state index is -4.86. The van der Waals surface area contributed by atoms with Crippen LogP contribution in [0.15, 0.2) is 42.7 Å². The molecule has 0 saturated carbocycles. The molecule has 1 fully saturated rings. The third-order valence-electron chi connectivity index (χ3n) is 7.10. The lowest BCUT2D eigenvalue weighted by molar-refractivity contribution is -0.139. The van der Waals surface area contributed by atoms with Crippen molar-refractivity contribution in [1.82, 2.24) is 19.8 Å². The smallest absolute Gasteiger partial charge is 0.416 e. The maximum absolute atomic E-state index is 14.0. The molecule has 15 heteroatoms. The molecule has 43 heavy (non-hydrogen) atoms. The molecule has 2 aliphatic heterocycles. The second-order valence-corrected chi connectivity index (χ2v) is 10.0. The monoisotopic (exact) mass is 610 g/mol. The zero-order chi connectivity index (χ0) is 30.8. The van der Waals surface area contributed by atoms with Gasteiger partial charge in [-0.3, -0.25) is 9.69 Å². The van der Waals surface area contributed by atoms with E-state index in [0.717, 1.165) is 38.1 Å². The number of carbonyl (C=O) groups is 1. The number of nitrogens with zero attached hydrogens (tertiary/aromatic N) is 4. The Kier molecular flexibility index (Phi) is 8.64. The molecular formula is C28H28F6N6O3. The SMILES string of the molecule is CCN1CCN(Cc2ccc(NC(=O)c3cc(Oc4ncnc5c4OCCN5)cc(C(F)(F)F)c3)cc2C(F)(F)F)CC1. The molecule has 1 aromatic heterocycles. The van der Waals surface area contributed by atoms with E-state index in [1.165, 1.54) is 12.1 Å². The Balaban J connectivity index is 1.39. The van der Waals surface area contributed by atoms with E-state index in [9.17, 15) is 31.1 Å². The minimum Gasteiger partial charge on any atom is -0.483 e. The summed E-state index contributed by atoms with van der Waals surface area (Å²) in [6, 6.07) is 5.66. The van der Waals surface area contributed by atoms with E-state index in [1.54, 1.807) is 0 Å². The molecule has 1 amide bonds. The Labute approximate surface area is 242 Å². The van der Waals surface area contributed by atoms with Gasteiger partial charge in [0.15, 0.2) is 5.82 Å². The van der Waals surface area contributed by atoms with Crippen molar-refractivity contribution in [2.24, 2.45) is 0 Å². The Morgan fingerprint density at radius 1 is 1.00 bits per heavy atom. The van der Waals surface area contributed by atoms with E-state index in [2.05, 4.69) is 25.5 Å². The number of piperazine rings is 1. The van der Waals surface area contributed by atoms with E-state index in [1.807, 2.05) is 11.8 Å². The third kappa shape index (κ3) is 7.28. The largest absolute Gasteiger partial charge is 0.483 e. The van der Waals surface area contributed by atoms with Crippen LogP contribution in [0.3, 0.4) is 0 Å². The summed E-state index contributed by atoms with van der Waals surface area (Å²) in [4.78, 5) is 25.1. The predicted molar refractivity (Wildman–Crippen MR) is 144 cm³/mol. The van der Waals surface area contributed by atoms with Crippen molar-refractivity contribution < 1.29 is 40.6 Å². The molecule has 0 bridgehead atoms. The van der Waals surface area contributed by atoms with E-state index >= 15 is 0 Å². The number of ether oxygens (including phenoxy) is 2. The van der Waals surface area contributed by atoms with Crippen molar-refractivity contribution in [2.45, 2.75) is 25.8 Å². The zero-order valence-electron chi connectivity index (χ0n) is 23.0. The van der Waals surface area contributed by atoms with Gasteiger partial charge < -0.3 is 25.0 Å². The number of hydrogen-bond donors (Lipinski definition) is 2. The van der Waals surface area contributed by atoms with Gasteiger partial charge in [0, 0.05) is 44.0 Å². The minimum absolute atomic E-state index is 0.0371. The highest BCUT2D eigenvalue weighted by molar-refractivity contribution is 6.04. The van der Waals surface area contributed by atoms with Gasteiger partial charge in [-0.2, -0.15) is 31.3 Å². The van der Waals surface area contributed by atoms with Crippen LogP contribution in [0.4, 0.5) is 37.8 Å². The van der Waals surface area contributed by atoms with Gasteiger partial charge in [0.25, 0.3) is 11.8 Å². The fourth-order valence-corrected chi connectivity index (χ4v) is 4.84.